The van der Waals surface area contributed by atoms with Crippen LogP contribution in [-0.2, 0) is 17.9 Å². The summed E-state index contributed by atoms with van der Waals surface area (Å²) in [6.45, 7) is 1.14. The van der Waals surface area contributed by atoms with E-state index in [4.69, 9.17) is 0 Å². The molecule has 2 N–H and O–H groups in total. The van der Waals surface area contributed by atoms with Crippen molar-refractivity contribution in [2.45, 2.75) is 45.2 Å². The van der Waals surface area contributed by atoms with Crippen molar-refractivity contribution >= 4 is 11.8 Å². The fourth-order valence-electron chi connectivity index (χ4n) is 3.82. The van der Waals surface area contributed by atoms with Gasteiger partial charge in [-0.15, -0.1) is 0 Å². The second kappa shape index (κ2) is 10.8. The Hall–Kier alpha value is -2.66. The number of amides is 2. The SMILES string of the molecule is O=C(NCc1ccc(C(=O)N(CCO)Cc2ccccc2)cc1)C1CCCCC1. The quantitative estimate of drug-likeness (QED) is 0.720. The highest BCUT2D eigenvalue weighted by Crippen LogP contribution is 2.23. The normalized spacial score (nSPS) is 14.4. The van der Waals surface area contributed by atoms with E-state index in [0.717, 1.165) is 36.8 Å². The number of hydrogen-bond donors (Lipinski definition) is 2. The first-order chi connectivity index (χ1) is 14.2. The third-order valence-corrected chi connectivity index (χ3v) is 5.52. The Bertz CT molecular complexity index is 784. The lowest BCUT2D eigenvalue weighted by atomic mass is 9.88. The molecule has 5 heteroatoms. The van der Waals surface area contributed by atoms with E-state index in [2.05, 4.69) is 5.32 Å². The van der Waals surface area contributed by atoms with Gasteiger partial charge in [0.2, 0.25) is 5.91 Å². The van der Waals surface area contributed by atoms with Gasteiger partial charge in [-0.2, -0.15) is 0 Å². The molecular formula is C24H30N2O3. The molecule has 3 rings (SSSR count). The number of aliphatic hydroxyl groups excluding tert-OH is 1. The molecule has 1 aliphatic carbocycles. The van der Waals surface area contributed by atoms with Gasteiger partial charge < -0.3 is 15.3 Å². The molecule has 2 amide bonds. The maximum atomic E-state index is 12.9. The van der Waals surface area contributed by atoms with Gasteiger partial charge in [0.05, 0.1) is 6.61 Å². The molecule has 0 aliphatic heterocycles. The van der Waals surface area contributed by atoms with E-state index >= 15 is 0 Å². The van der Waals surface area contributed by atoms with Crippen LogP contribution < -0.4 is 5.32 Å². The molecule has 0 radical (unpaired) electrons. The average Bonchev–Trinajstić information content (AvgIpc) is 2.78. The van der Waals surface area contributed by atoms with Crippen LogP contribution in [0.1, 0.15) is 53.6 Å². The van der Waals surface area contributed by atoms with Crippen LogP contribution in [0.4, 0.5) is 0 Å². The number of benzene rings is 2. The summed E-state index contributed by atoms with van der Waals surface area (Å²) in [6.07, 6.45) is 5.49. The third-order valence-electron chi connectivity index (χ3n) is 5.52. The molecule has 29 heavy (non-hydrogen) atoms. The summed E-state index contributed by atoms with van der Waals surface area (Å²) in [7, 11) is 0. The van der Waals surface area contributed by atoms with Gasteiger partial charge in [0, 0.05) is 31.1 Å². The minimum atomic E-state index is -0.110. The Labute approximate surface area is 172 Å². The highest BCUT2D eigenvalue weighted by atomic mass is 16.3. The minimum absolute atomic E-state index is 0.0795. The summed E-state index contributed by atoms with van der Waals surface area (Å²) < 4.78 is 0. The van der Waals surface area contributed by atoms with E-state index in [-0.39, 0.29) is 30.9 Å². The maximum absolute atomic E-state index is 12.9. The fraction of sp³-hybridized carbons (Fsp3) is 0.417. The van der Waals surface area contributed by atoms with Crippen molar-refractivity contribution in [2.24, 2.45) is 5.92 Å². The molecule has 0 unspecified atom stereocenters. The van der Waals surface area contributed by atoms with Gasteiger partial charge in [0.1, 0.15) is 0 Å². The molecule has 2 aromatic carbocycles. The smallest absolute Gasteiger partial charge is 0.254 e. The molecule has 2 aromatic rings. The third kappa shape index (κ3) is 6.16. The molecule has 1 saturated carbocycles. The van der Waals surface area contributed by atoms with E-state index in [1.54, 1.807) is 17.0 Å². The number of aliphatic hydroxyl groups is 1. The van der Waals surface area contributed by atoms with Crippen molar-refractivity contribution in [2.75, 3.05) is 13.2 Å². The lowest BCUT2D eigenvalue weighted by molar-refractivity contribution is -0.126. The molecular weight excluding hydrogens is 364 g/mol. The summed E-state index contributed by atoms with van der Waals surface area (Å²) in [6, 6.07) is 17.1. The predicted molar refractivity (Wildman–Crippen MR) is 113 cm³/mol. The first kappa shape index (κ1) is 21.1. The Morgan fingerprint density at radius 2 is 1.62 bits per heavy atom. The number of rotatable bonds is 8. The van der Waals surface area contributed by atoms with Gasteiger partial charge in [0.15, 0.2) is 0 Å². The van der Waals surface area contributed by atoms with Gasteiger partial charge >= 0.3 is 0 Å². The number of hydrogen-bond acceptors (Lipinski definition) is 3. The Kier molecular flexibility index (Phi) is 7.82. The first-order valence-corrected chi connectivity index (χ1v) is 10.5. The summed E-state index contributed by atoms with van der Waals surface area (Å²) >= 11 is 0. The van der Waals surface area contributed by atoms with Crippen LogP contribution in [0, 0.1) is 5.92 Å². The highest BCUT2D eigenvalue weighted by Gasteiger charge is 2.20. The lowest BCUT2D eigenvalue weighted by Gasteiger charge is -2.22. The minimum Gasteiger partial charge on any atom is -0.395 e. The Morgan fingerprint density at radius 1 is 0.931 bits per heavy atom. The second-order valence-corrected chi connectivity index (χ2v) is 7.69. The molecule has 154 valence electrons. The van der Waals surface area contributed by atoms with Crippen LogP contribution in [-0.4, -0.2) is 35.0 Å². The van der Waals surface area contributed by atoms with E-state index in [0.29, 0.717) is 18.7 Å². The monoisotopic (exact) mass is 394 g/mol. The van der Waals surface area contributed by atoms with Crippen LogP contribution in [0.15, 0.2) is 54.6 Å². The number of carbonyl (C=O) groups is 2. The van der Waals surface area contributed by atoms with E-state index in [1.165, 1.54) is 6.42 Å². The average molecular weight is 395 g/mol. The van der Waals surface area contributed by atoms with Gasteiger partial charge in [-0.1, -0.05) is 61.7 Å². The van der Waals surface area contributed by atoms with Crippen LogP contribution in [0.25, 0.3) is 0 Å². The predicted octanol–water partition coefficient (Wildman–Crippen LogP) is 3.52. The molecule has 5 nitrogen and oxygen atoms in total. The molecule has 1 fully saturated rings. The Morgan fingerprint density at radius 3 is 2.28 bits per heavy atom. The summed E-state index contributed by atoms with van der Waals surface area (Å²) in [4.78, 5) is 26.8. The standard InChI is InChI=1S/C24H30N2O3/c27-16-15-26(18-20-7-3-1-4-8-20)24(29)22-13-11-19(12-14-22)17-25-23(28)21-9-5-2-6-10-21/h1,3-4,7-8,11-14,21,27H,2,5-6,9-10,15-18H2,(H,25,28). The zero-order chi connectivity index (χ0) is 20.5. The van der Waals surface area contributed by atoms with Gasteiger partial charge in [-0.25, -0.2) is 0 Å². The fourth-order valence-corrected chi connectivity index (χ4v) is 3.82. The highest BCUT2D eigenvalue weighted by molar-refractivity contribution is 5.94. The molecule has 0 aromatic heterocycles. The van der Waals surface area contributed by atoms with E-state index < -0.39 is 0 Å². The van der Waals surface area contributed by atoms with Gasteiger partial charge in [-0.3, -0.25) is 9.59 Å². The second-order valence-electron chi connectivity index (χ2n) is 7.69. The molecule has 0 spiro atoms. The van der Waals surface area contributed by atoms with Crippen molar-refractivity contribution in [1.29, 1.82) is 0 Å². The van der Waals surface area contributed by atoms with Crippen molar-refractivity contribution in [3.8, 4) is 0 Å². The summed E-state index contributed by atoms with van der Waals surface area (Å²) in [5, 5.41) is 12.4. The summed E-state index contributed by atoms with van der Waals surface area (Å²) in [5.41, 5.74) is 2.58. The zero-order valence-electron chi connectivity index (χ0n) is 16.8. The number of nitrogens with one attached hydrogen (secondary N) is 1. The number of carbonyl (C=O) groups excluding carboxylic acids is 2. The van der Waals surface area contributed by atoms with E-state index in [9.17, 15) is 14.7 Å². The van der Waals surface area contributed by atoms with Crippen LogP contribution in [0.3, 0.4) is 0 Å². The summed E-state index contributed by atoms with van der Waals surface area (Å²) in [5.74, 6) is 0.178. The zero-order valence-corrected chi connectivity index (χ0v) is 16.8. The van der Waals surface area contributed by atoms with Crippen LogP contribution >= 0.6 is 0 Å². The van der Waals surface area contributed by atoms with Crippen molar-refractivity contribution < 1.29 is 14.7 Å². The van der Waals surface area contributed by atoms with Gasteiger partial charge in [-0.05, 0) is 36.1 Å². The van der Waals surface area contributed by atoms with Crippen molar-refractivity contribution in [3.63, 3.8) is 0 Å². The van der Waals surface area contributed by atoms with Crippen LogP contribution in [0.2, 0.25) is 0 Å². The van der Waals surface area contributed by atoms with Crippen molar-refractivity contribution in [1.82, 2.24) is 10.2 Å². The molecule has 0 saturated heterocycles. The first-order valence-electron chi connectivity index (χ1n) is 10.5. The molecule has 0 bridgehead atoms. The number of nitrogens with zero attached hydrogens (tertiary/aromatic N) is 1. The van der Waals surface area contributed by atoms with E-state index in [1.807, 2.05) is 42.5 Å². The lowest BCUT2D eigenvalue weighted by Crippen LogP contribution is -2.33. The van der Waals surface area contributed by atoms with Crippen molar-refractivity contribution in [3.05, 3.63) is 71.3 Å². The molecule has 0 atom stereocenters. The largest absolute Gasteiger partial charge is 0.395 e. The maximum Gasteiger partial charge on any atom is 0.254 e. The topological polar surface area (TPSA) is 69.6 Å². The molecule has 1 aliphatic rings. The van der Waals surface area contributed by atoms with Gasteiger partial charge in [0.25, 0.3) is 5.91 Å². The molecule has 0 heterocycles. The van der Waals surface area contributed by atoms with Crippen LogP contribution in [0.5, 0.6) is 0 Å². The Balaban J connectivity index is 1.57.